The molecule has 0 radical (unpaired) electrons. The molecule has 0 saturated heterocycles. The highest BCUT2D eigenvalue weighted by atomic mass is 35.5. The number of halogens is 1. The first-order chi connectivity index (χ1) is 15.2. The van der Waals surface area contributed by atoms with Crippen molar-refractivity contribution in [1.29, 1.82) is 0 Å². The van der Waals surface area contributed by atoms with Crippen molar-refractivity contribution in [3.05, 3.63) is 70.9 Å². The van der Waals surface area contributed by atoms with Crippen LogP contribution in [-0.4, -0.2) is 26.2 Å². The molecule has 1 saturated carbocycles. The van der Waals surface area contributed by atoms with Gasteiger partial charge in [-0.25, -0.2) is 4.98 Å². The molecule has 31 heavy (non-hydrogen) atoms. The number of nitrogens with zero attached hydrogens (tertiary/aromatic N) is 3. The summed E-state index contributed by atoms with van der Waals surface area (Å²) in [5, 5.41) is 11.3. The number of carbonyl (C=O) groups is 1. The molecule has 0 bridgehead atoms. The Morgan fingerprint density at radius 1 is 1.10 bits per heavy atom. The Hall–Kier alpha value is -3.12. The summed E-state index contributed by atoms with van der Waals surface area (Å²) >= 11 is 6.89. The third-order valence-corrected chi connectivity index (χ3v) is 6.58. The lowest BCUT2D eigenvalue weighted by Gasteiger charge is -2.30. The molecule has 1 aliphatic rings. The van der Waals surface area contributed by atoms with Crippen LogP contribution in [0.3, 0.4) is 0 Å². The van der Waals surface area contributed by atoms with Gasteiger partial charge in [0.15, 0.2) is 11.5 Å². The molecule has 1 unspecified atom stereocenters. The van der Waals surface area contributed by atoms with E-state index >= 15 is 0 Å². The van der Waals surface area contributed by atoms with E-state index < -0.39 is 0 Å². The first kappa shape index (κ1) is 19.8. The highest BCUT2D eigenvalue weighted by Crippen LogP contribution is 2.43. The summed E-state index contributed by atoms with van der Waals surface area (Å²) in [5.41, 5.74) is 4.39. The predicted octanol–water partition coefficient (Wildman–Crippen LogP) is 5.66. The zero-order chi connectivity index (χ0) is 21.2. The van der Waals surface area contributed by atoms with Gasteiger partial charge in [-0.2, -0.15) is 4.63 Å². The van der Waals surface area contributed by atoms with Crippen LogP contribution in [0.1, 0.15) is 49.3 Å². The molecule has 1 aliphatic carbocycles. The fraction of sp³-hybridized carbons (Fsp3) is 0.292. The Balaban J connectivity index is 1.55. The van der Waals surface area contributed by atoms with E-state index in [1.165, 1.54) is 37.7 Å². The average Bonchev–Trinajstić information content (AvgIpc) is 3.36. The fourth-order valence-electron chi connectivity index (χ4n) is 4.76. The number of aromatic amines is 1. The molecule has 6 nitrogen and oxygen atoms in total. The zero-order valence-electron chi connectivity index (χ0n) is 17.1. The monoisotopic (exact) mass is 433 g/mol. The minimum atomic E-state index is 0.195. The smallest absolute Gasteiger partial charge is 0.211 e. The molecule has 0 aliphatic heterocycles. The molecule has 5 rings (SSSR count). The molecule has 2 aromatic heterocycles. The van der Waals surface area contributed by atoms with Crippen molar-refractivity contribution in [2.45, 2.75) is 38.0 Å². The van der Waals surface area contributed by atoms with Gasteiger partial charge in [0.1, 0.15) is 5.02 Å². The number of rotatable bonds is 6. The van der Waals surface area contributed by atoms with Gasteiger partial charge in [-0.05, 0) is 36.5 Å². The van der Waals surface area contributed by atoms with Crippen molar-refractivity contribution >= 4 is 29.3 Å². The van der Waals surface area contributed by atoms with Crippen molar-refractivity contribution < 1.29 is 4.79 Å². The van der Waals surface area contributed by atoms with Gasteiger partial charge in [0.05, 0.1) is 5.69 Å². The largest absolute Gasteiger partial charge is 0.329 e. The van der Waals surface area contributed by atoms with Crippen molar-refractivity contribution in [3.63, 3.8) is 0 Å². The number of benzene rings is 2. The van der Waals surface area contributed by atoms with E-state index in [0.717, 1.165) is 11.3 Å². The second-order valence-electron chi connectivity index (χ2n) is 8.14. The minimum absolute atomic E-state index is 0.195. The summed E-state index contributed by atoms with van der Waals surface area (Å²) in [6.45, 7) is 0. The second kappa shape index (κ2) is 8.55. The Labute approximate surface area is 185 Å². The van der Waals surface area contributed by atoms with Crippen LogP contribution in [0.15, 0.2) is 54.6 Å². The van der Waals surface area contributed by atoms with Gasteiger partial charge in [0.2, 0.25) is 6.41 Å². The molecule has 1 amide bonds. The first-order valence-corrected chi connectivity index (χ1v) is 11.1. The van der Waals surface area contributed by atoms with E-state index in [0.29, 0.717) is 34.5 Å². The maximum atomic E-state index is 10.7. The van der Waals surface area contributed by atoms with Crippen molar-refractivity contribution in [2.24, 2.45) is 5.92 Å². The molecule has 1 fully saturated rings. The summed E-state index contributed by atoms with van der Waals surface area (Å²) in [5.74, 6) is 1.30. The third kappa shape index (κ3) is 3.83. The van der Waals surface area contributed by atoms with E-state index in [9.17, 15) is 4.79 Å². The lowest BCUT2D eigenvalue weighted by molar-refractivity contribution is -0.105. The molecule has 4 aromatic rings. The van der Waals surface area contributed by atoms with Crippen molar-refractivity contribution in [2.75, 3.05) is 5.32 Å². The standard InChI is InChI=1S/C24H24ClN5O/c25-21-22(20(16-8-3-1-4-9-16)17-10-5-2-6-11-17)28-30-24(21)27-23(29-30)18-12-7-13-19(14-18)26-15-31/h1,3-4,7-9,12-15,17,20,28H,2,5-6,10-11H2,(H,26,31). The van der Waals surface area contributed by atoms with E-state index in [-0.39, 0.29) is 5.92 Å². The lowest BCUT2D eigenvalue weighted by Crippen LogP contribution is -2.18. The highest BCUT2D eigenvalue weighted by Gasteiger charge is 2.31. The van der Waals surface area contributed by atoms with Gasteiger partial charge in [-0.15, -0.1) is 5.10 Å². The number of carbonyl (C=O) groups excluding carboxylic acids is 1. The summed E-state index contributed by atoms with van der Waals surface area (Å²) in [6, 6.07) is 18.0. The van der Waals surface area contributed by atoms with Crippen LogP contribution in [0.25, 0.3) is 17.0 Å². The van der Waals surface area contributed by atoms with Crippen LogP contribution in [0, 0.1) is 5.92 Å². The predicted molar refractivity (Wildman–Crippen MR) is 122 cm³/mol. The summed E-state index contributed by atoms with van der Waals surface area (Å²) in [4.78, 5) is 15.4. The van der Waals surface area contributed by atoms with Crippen LogP contribution in [0.4, 0.5) is 5.69 Å². The minimum Gasteiger partial charge on any atom is -0.329 e. The molecule has 158 valence electrons. The molecular weight excluding hydrogens is 410 g/mol. The molecule has 2 N–H and O–H groups in total. The molecular formula is C24H24ClN5O. The van der Waals surface area contributed by atoms with Gasteiger partial charge in [-0.1, -0.05) is 73.3 Å². The maximum absolute atomic E-state index is 10.7. The van der Waals surface area contributed by atoms with Gasteiger partial charge >= 0.3 is 0 Å². The maximum Gasteiger partial charge on any atom is 0.211 e. The average molecular weight is 434 g/mol. The molecule has 7 heteroatoms. The van der Waals surface area contributed by atoms with Crippen LogP contribution in [-0.2, 0) is 4.79 Å². The number of hydrogen-bond acceptors (Lipinski definition) is 3. The molecule has 0 spiro atoms. The number of nitrogens with one attached hydrogen (secondary N) is 2. The van der Waals surface area contributed by atoms with Crippen LogP contribution >= 0.6 is 11.6 Å². The number of fused-ring (bicyclic) bond motifs is 1. The van der Waals surface area contributed by atoms with Crippen LogP contribution < -0.4 is 5.32 Å². The highest BCUT2D eigenvalue weighted by molar-refractivity contribution is 6.34. The van der Waals surface area contributed by atoms with E-state index in [1.807, 2.05) is 30.3 Å². The van der Waals surface area contributed by atoms with Gasteiger partial charge < -0.3 is 5.32 Å². The Morgan fingerprint density at radius 3 is 2.65 bits per heavy atom. The molecule has 2 aromatic carbocycles. The number of hydrogen-bond donors (Lipinski definition) is 2. The van der Waals surface area contributed by atoms with E-state index in [4.69, 9.17) is 16.6 Å². The lowest BCUT2D eigenvalue weighted by atomic mass is 9.75. The summed E-state index contributed by atoms with van der Waals surface area (Å²) in [6.07, 6.45) is 6.89. The van der Waals surface area contributed by atoms with Gasteiger partial charge in [0.25, 0.3) is 0 Å². The SMILES string of the molecule is O=CNc1cccc(-c2nc3c(Cl)c(C(c4ccccc4)C4CCCCC4)[nH]n3n2)c1. The first-order valence-electron chi connectivity index (χ1n) is 10.7. The third-order valence-electron chi connectivity index (χ3n) is 6.20. The summed E-state index contributed by atoms with van der Waals surface area (Å²) < 4.78 is 1.67. The number of amides is 1. The quantitative estimate of drug-likeness (QED) is 0.385. The van der Waals surface area contributed by atoms with E-state index in [1.54, 1.807) is 4.63 Å². The molecule has 1 atom stereocenters. The Bertz CT molecular complexity index is 1190. The van der Waals surface area contributed by atoms with E-state index in [2.05, 4.69) is 39.8 Å². The van der Waals surface area contributed by atoms with Crippen LogP contribution in [0.2, 0.25) is 5.02 Å². The van der Waals surface area contributed by atoms with Crippen molar-refractivity contribution in [3.8, 4) is 11.4 Å². The molecule has 2 heterocycles. The van der Waals surface area contributed by atoms with Gasteiger partial charge in [0, 0.05) is 17.2 Å². The topological polar surface area (TPSA) is 75.1 Å². The number of H-pyrrole nitrogens is 1. The number of aromatic nitrogens is 4. The Kier molecular flexibility index (Phi) is 5.47. The Morgan fingerprint density at radius 2 is 1.90 bits per heavy atom. The van der Waals surface area contributed by atoms with Crippen molar-refractivity contribution in [1.82, 2.24) is 19.8 Å². The normalized spacial score (nSPS) is 15.8. The second-order valence-corrected chi connectivity index (χ2v) is 8.52. The summed E-state index contributed by atoms with van der Waals surface area (Å²) in [7, 11) is 0. The zero-order valence-corrected chi connectivity index (χ0v) is 17.8. The van der Waals surface area contributed by atoms with Gasteiger partial charge in [-0.3, -0.25) is 9.89 Å². The van der Waals surface area contributed by atoms with Crippen LogP contribution in [0.5, 0.6) is 0 Å². The number of anilines is 1. The fourth-order valence-corrected chi connectivity index (χ4v) is 5.04.